The molecule has 0 fully saturated rings. The SMILES string of the molecule is Fc1ccc(CCCl)c(F)c1F. The number of hydrogen-bond donors (Lipinski definition) is 0. The first kappa shape index (κ1) is 9.39. The molecule has 0 heterocycles. The molecule has 0 atom stereocenters. The molecule has 0 radical (unpaired) electrons. The Labute approximate surface area is 73.0 Å². The van der Waals surface area contributed by atoms with E-state index in [9.17, 15) is 13.2 Å². The van der Waals surface area contributed by atoms with Crippen molar-refractivity contribution >= 4 is 11.6 Å². The summed E-state index contributed by atoms with van der Waals surface area (Å²) in [5, 5.41) is 0. The van der Waals surface area contributed by atoms with Gasteiger partial charge in [0.25, 0.3) is 0 Å². The monoisotopic (exact) mass is 194 g/mol. The fourth-order valence-electron chi connectivity index (χ4n) is 0.861. The number of alkyl halides is 1. The summed E-state index contributed by atoms with van der Waals surface area (Å²) in [6, 6.07) is 2.08. The molecule has 0 aliphatic rings. The molecular formula is C8H6ClF3. The lowest BCUT2D eigenvalue weighted by atomic mass is 10.1. The normalized spacial score (nSPS) is 10.3. The Kier molecular flexibility index (Phi) is 2.98. The van der Waals surface area contributed by atoms with Crippen LogP contribution in [0.15, 0.2) is 12.1 Å². The molecule has 0 saturated heterocycles. The lowest BCUT2D eigenvalue weighted by molar-refractivity contribution is 0.441. The van der Waals surface area contributed by atoms with Gasteiger partial charge in [0.15, 0.2) is 17.5 Å². The quantitative estimate of drug-likeness (QED) is 0.502. The zero-order valence-electron chi connectivity index (χ0n) is 6.08. The van der Waals surface area contributed by atoms with Crippen LogP contribution in [0.1, 0.15) is 5.56 Å². The van der Waals surface area contributed by atoms with Crippen LogP contribution < -0.4 is 0 Å². The Hall–Kier alpha value is -0.700. The number of rotatable bonds is 2. The molecule has 0 N–H and O–H groups in total. The van der Waals surface area contributed by atoms with Gasteiger partial charge in [0.1, 0.15) is 0 Å². The second-order valence-corrected chi connectivity index (χ2v) is 2.65. The van der Waals surface area contributed by atoms with Crippen molar-refractivity contribution in [2.45, 2.75) is 6.42 Å². The average Bonchev–Trinajstić information content (AvgIpc) is 2.07. The number of halogens is 4. The van der Waals surface area contributed by atoms with Gasteiger partial charge in [-0.05, 0) is 18.1 Å². The molecular weight excluding hydrogens is 189 g/mol. The summed E-state index contributed by atoms with van der Waals surface area (Å²) in [5.41, 5.74) is 0.101. The Bertz CT molecular complexity index is 286. The van der Waals surface area contributed by atoms with E-state index in [1.807, 2.05) is 0 Å². The van der Waals surface area contributed by atoms with Crippen molar-refractivity contribution in [3.8, 4) is 0 Å². The maximum absolute atomic E-state index is 12.8. The lowest BCUT2D eigenvalue weighted by Gasteiger charge is -2.01. The highest BCUT2D eigenvalue weighted by Crippen LogP contribution is 2.15. The minimum absolute atomic E-state index is 0.101. The Balaban J connectivity index is 3.08. The lowest BCUT2D eigenvalue weighted by Crippen LogP contribution is -1.98. The van der Waals surface area contributed by atoms with E-state index in [-0.39, 0.29) is 17.9 Å². The predicted molar refractivity (Wildman–Crippen MR) is 40.7 cm³/mol. The number of aryl methyl sites for hydroxylation is 1. The Morgan fingerprint density at radius 2 is 1.75 bits per heavy atom. The van der Waals surface area contributed by atoms with Crippen LogP contribution in [0.2, 0.25) is 0 Å². The summed E-state index contributed by atoms with van der Waals surface area (Å²) in [4.78, 5) is 0. The topological polar surface area (TPSA) is 0 Å². The summed E-state index contributed by atoms with van der Waals surface area (Å²) in [6.07, 6.45) is 0.199. The maximum Gasteiger partial charge on any atom is 0.194 e. The molecule has 66 valence electrons. The van der Waals surface area contributed by atoms with Gasteiger partial charge in [-0.3, -0.25) is 0 Å². The summed E-state index contributed by atoms with van der Waals surface area (Å²) in [7, 11) is 0. The van der Waals surface area contributed by atoms with Crippen molar-refractivity contribution in [2.75, 3.05) is 5.88 Å². The standard InChI is InChI=1S/C8H6ClF3/c9-4-3-5-1-2-6(10)8(12)7(5)11/h1-2H,3-4H2. The van der Waals surface area contributed by atoms with Crippen molar-refractivity contribution in [3.05, 3.63) is 35.1 Å². The van der Waals surface area contributed by atoms with Crippen molar-refractivity contribution in [1.29, 1.82) is 0 Å². The minimum atomic E-state index is -1.43. The smallest absolute Gasteiger partial charge is 0.194 e. The fraction of sp³-hybridized carbons (Fsp3) is 0.250. The van der Waals surface area contributed by atoms with E-state index in [1.54, 1.807) is 0 Å². The summed E-state index contributed by atoms with van der Waals surface area (Å²) >= 11 is 5.32. The molecule has 0 saturated carbocycles. The van der Waals surface area contributed by atoms with E-state index in [0.717, 1.165) is 6.07 Å². The van der Waals surface area contributed by atoms with Crippen LogP contribution in [-0.2, 0) is 6.42 Å². The van der Waals surface area contributed by atoms with E-state index >= 15 is 0 Å². The molecule has 1 aromatic carbocycles. The van der Waals surface area contributed by atoms with E-state index in [2.05, 4.69) is 0 Å². The second kappa shape index (κ2) is 3.81. The van der Waals surface area contributed by atoms with E-state index < -0.39 is 17.5 Å². The van der Waals surface area contributed by atoms with Crippen LogP contribution in [0.5, 0.6) is 0 Å². The molecule has 1 aromatic rings. The molecule has 0 amide bonds. The predicted octanol–water partition coefficient (Wildman–Crippen LogP) is 2.89. The third kappa shape index (κ3) is 1.72. The maximum atomic E-state index is 12.8. The molecule has 0 aliphatic heterocycles. The molecule has 0 nitrogen and oxygen atoms in total. The largest absolute Gasteiger partial charge is 0.204 e. The number of hydrogen-bond acceptors (Lipinski definition) is 0. The number of benzene rings is 1. The van der Waals surface area contributed by atoms with Crippen LogP contribution >= 0.6 is 11.6 Å². The highest BCUT2D eigenvalue weighted by atomic mass is 35.5. The van der Waals surface area contributed by atoms with Gasteiger partial charge in [0, 0.05) is 5.88 Å². The average molecular weight is 195 g/mol. The summed E-state index contributed by atoms with van der Waals surface area (Å²) < 4.78 is 37.6. The molecule has 0 unspecified atom stereocenters. The second-order valence-electron chi connectivity index (χ2n) is 2.27. The van der Waals surface area contributed by atoms with Crippen molar-refractivity contribution in [1.82, 2.24) is 0 Å². The van der Waals surface area contributed by atoms with Crippen molar-refractivity contribution < 1.29 is 13.2 Å². The molecule has 0 spiro atoms. The van der Waals surface area contributed by atoms with Crippen LogP contribution in [-0.4, -0.2) is 5.88 Å². The van der Waals surface area contributed by atoms with Gasteiger partial charge in [-0.25, -0.2) is 13.2 Å². The first-order valence-electron chi connectivity index (χ1n) is 3.35. The van der Waals surface area contributed by atoms with E-state index in [1.165, 1.54) is 6.07 Å². The Morgan fingerprint density at radius 1 is 1.08 bits per heavy atom. The molecule has 1 rings (SSSR count). The minimum Gasteiger partial charge on any atom is -0.204 e. The van der Waals surface area contributed by atoms with Gasteiger partial charge in [-0.2, -0.15) is 0 Å². The van der Waals surface area contributed by atoms with Crippen LogP contribution in [0.25, 0.3) is 0 Å². The third-order valence-electron chi connectivity index (χ3n) is 1.48. The first-order chi connectivity index (χ1) is 5.66. The van der Waals surface area contributed by atoms with Gasteiger partial charge < -0.3 is 0 Å². The molecule has 0 bridgehead atoms. The Morgan fingerprint density at radius 3 is 2.33 bits per heavy atom. The summed E-state index contributed by atoms with van der Waals surface area (Å²) in [6.45, 7) is 0. The molecule has 0 aliphatic carbocycles. The van der Waals surface area contributed by atoms with E-state index in [4.69, 9.17) is 11.6 Å². The van der Waals surface area contributed by atoms with Gasteiger partial charge in [-0.1, -0.05) is 6.07 Å². The van der Waals surface area contributed by atoms with Crippen molar-refractivity contribution in [2.24, 2.45) is 0 Å². The fourth-order valence-corrected chi connectivity index (χ4v) is 1.06. The highest BCUT2D eigenvalue weighted by molar-refractivity contribution is 6.17. The van der Waals surface area contributed by atoms with Crippen molar-refractivity contribution in [3.63, 3.8) is 0 Å². The molecule has 4 heteroatoms. The zero-order valence-corrected chi connectivity index (χ0v) is 6.84. The van der Waals surface area contributed by atoms with E-state index in [0.29, 0.717) is 0 Å². The first-order valence-corrected chi connectivity index (χ1v) is 3.88. The highest BCUT2D eigenvalue weighted by Gasteiger charge is 2.11. The van der Waals surface area contributed by atoms with Crippen LogP contribution in [0.3, 0.4) is 0 Å². The molecule has 0 aromatic heterocycles. The third-order valence-corrected chi connectivity index (χ3v) is 1.67. The van der Waals surface area contributed by atoms with Gasteiger partial charge in [-0.15, -0.1) is 11.6 Å². The van der Waals surface area contributed by atoms with Gasteiger partial charge >= 0.3 is 0 Å². The van der Waals surface area contributed by atoms with Crippen LogP contribution in [0.4, 0.5) is 13.2 Å². The summed E-state index contributed by atoms with van der Waals surface area (Å²) in [5.74, 6) is -3.57. The zero-order chi connectivity index (χ0) is 9.14. The van der Waals surface area contributed by atoms with Gasteiger partial charge in [0.05, 0.1) is 0 Å². The molecule has 12 heavy (non-hydrogen) atoms. The van der Waals surface area contributed by atoms with Gasteiger partial charge in [0.2, 0.25) is 0 Å². The van der Waals surface area contributed by atoms with Crippen LogP contribution in [0, 0.1) is 17.5 Å².